The smallest absolute Gasteiger partial charge is 0.0907 e. The fourth-order valence-electron chi connectivity index (χ4n) is 3.16. The average Bonchev–Trinajstić information content (AvgIpc) is 2.78. The van der Waals surface area contributed by atoms with Gasteiger partial charge in [0.25, 0.3) is 0 Å². The minimum absolute atomic E-state index is 0.658. The van der Waals surface area contributed by atoms with Gasteiger partial charge in [-0.25, -0.2) is 4.98 Å². The van der Waals surface area contributed by atoms with Gasteiger partial charge in [0.1, 0.15) is 0 Å². The maximum Gasteiger partial charge on any atom is 0.0907 e. The first-order chi connectivity index (χ1) is 9.24. The first-order valence-electron chi connectivity index (χ1n) is 7.38. The number of nitrogens with zero attached hydrogens (tertiary/aromatic N) is 1. The molecule has 2 atom stereocenters. The van der Waals surface area contributed by atoms with Gasteiger partial charge in [-0.1, -0.05) is 26.2 Å². The van der Waals surface area contributed by atoms with Crippen LogP contribution in [0.1, 0.15) is 44.0 Å². The highest BCUT2D eigenvalue weighted by Crippen LogP contribution is 2.30. The van der Waals surface area contributed by atoms with E-state index in [0.717, 1.165) is 16.4 Å². The van der Waals surface area contributed by atoms with Crippen molar-refractivity contribution in [3.8, 4) is 0 Å². The number of aromatic nitrogens is 1. The topological polar surface area (TPSA) is 24.9 Å². The summed E-state index contributed by atoms with van der Waals surface area (Å²) in [6.07, 6.45) is 6.76. The third kappa shape index (κ3) is 2.92. The second kappa shape index (κ2) is 5.49. The van der Waals surface area contributed by atoms with E-state index in [1.54, 1.807) is 11.3 Å². The van der Waals surface area contributed by atoms with Crippen LogP contribution in [0, 0.1) is 12.8 Å². The van der Waals surface area contributed by atoms with E-state index in [4.69, 9.17) is 0 Å². The summed E-state index contributed by atoms with van der Waals surface area (Å²) in [5.74, 6) is 0.917. The summed E-state index contributed by atoms with van der Waals surface area (Å²) in [7, 11) is 0. The Morgan fingerprint density at radius 1 is 1.37 bits per heavy atom. The molecule has 0 saturated heterocycles. The van der Waals surface area contributed by atoms with Crippen molar-refractivity contribution in [2.24, 2.45) is 5.92 Å². The van der Waals surface area contributed by atoms with Crippen molar-refractivity contribution in [1.82, 2.24) is 4.98 Å². The summed E-state index contributed by atoms with van der Waals surface area (Å²) < 4.78 is 1.30. The van der Waals surface area contributed by atoms with Crippen molar-refractivity contribution in [3.05, 3.63) is 23.2 Å². The zero-order valence-corrected chi connectivity index (χ0v) is 12.6. The SMILES string of the molecule is CCC1CCCC(Nc2ccc3nc(C)sc3c2)C1. The molecule has 0 spiro atoms. The van der Waals surface area contributed by atoms with Crippen LogP contribution in [0.15, 0.2) is 18.2 Å². The van der Waals surface area contributed by atoms with E-state index in [1.807, 2.05) is 0 Å². The Labute approximate surface area is 119 Å². The Hall–Kier alpha value is -1.09. The molecule has 0 bridgehead atoms. The van der Waals surface area contributed by atoms with Crippen molar-refractivity contribution < 1.29 is 0 Å². The van der Waals surface area contributed by atoms with Crippen molar-refractivity contribution in [2.45, 2.75) is 52.0 Å². The summed E-state index contributed by atoms with van der Waals surface area (Å²) in [6.45, 7) is 4.39. The van der Waals surface area contributed by atoms with Gasteiger partial charge in [-0.3, -0.25) is 0 Å². The molecule has 0 amide bonds. The van der Waals surface area contributed by atoms with E-state index in [-0.39, 0.29) is 0 Å². The van der Waals surface area contributed by atoms with Crippen LogP contribution in [0.5, 0.6) is 0 Å². The highest BCUT2D eigenvalue weighted by atomic mass is 32.1. The molecule has 19 heavy (non-hydrogen) atoms. The first-order valence-corrected chi connectivity index (χ1v) is 8.20. The summed E-state index contributed by atoms with van der Waals surface area (Å²) >= 11 is 1.78. The molecule has 2 nitrogen and oxygen atoms in total. The van der Waals surface area contributed by atoms with Crippen LogP contribution in [0.4, 0.5) is 5.69 Å². The molecular formula is C16H22N2S. The molecule has 1 N–H and O–H groups in total. The molecule has 2 unspecified atom stereocenters. The van der Waals surface area contributed by atoms with Crippen LogP contribution in [-0.2, 0) is 0 Å². The molecule has 1 aromatic heterocycles. The fraction of sp³-hybridized carbons (Fsp3) is 0.562. The van der Waals surface area contributed by atoms with Gasteiger partial charge < -0.3 is 5.32 Å². The second-order valence-electron chi connectivity index (χ2n) is 5.70. The highest BCUT2D eigenvalue weighted by molar-refractivity contribution is 7.18. The molecular weight excluding hydrogens is 252 g/mol. The standard InChI is InChI=1S/C16H22N2S/c1-3-12-5-4-6-13(9-12)18-14-7-8-15-16(10-14)19-11(2)17-15/h7-8,10,12-13,18H,3-6,9H2,1-2H3. The molecule has 0 aliphatic heterocycles. The van der Waals surface area contributed by atoms with Gasteiger partial charge in [-0.15, -0.1) is 11.3 Å². The Morgan fingerprint density at radius 2 is 2.26 bits per heavy atom. The zero-order valence-electron chi connectivity index (χ0n) is 11.8. The number of anilines is 1. The number of thiazole rings is 1. The lowest BCUT2D eigenvalue weighted by atomic mass is 9.84. The van der Waals surface area contributed by atoms with E-state index in [2.05, 4.69) is 42.3 Å². The van der Waals surface area contributed by atoms with E-state index in [0.29, 0.717) is 6.04 Å². The summed E-state index contributed by atoms with van der Waals surface area (Å²) in [5, 5.41) is 4.87. The number of nitrogens with one attached hydrogen (secondary N) is 1. The van der Waals surface area contributed by atoms with Crippen molar-refractivity contribution >= 4 is 27.2 Å². The van der Waals surface area contributed by atoms with Gasteiger partial charge in [0.15, 0.2) is 0 Å². The van der Waals surface area contributed by atoms with Gasteiger partial charge in [0, 0.05) is 11.7 Å². The molecule has 1 aliphatic carbocycles. The lowest BCUT2D eigenvalue weighted by Gasteiger charge is -2.29. The Balaban J connectivity index is 1.73. The van der Waals surface area contributed by atoms with Crippen molar-refractivity contribution in [3.63, 3.8) is 0 Å². The molecule has 1 aliphatic rings. The predicted octanol–water partition coefficient (Wildman–Crippen LogP) is 4.99. The molecule has 1 aromatic carbocycles. The van der Waals surface area contributed by atoms with Gasteiger partial charge >= 0.3 is 0 Å². The number of benzene rings is 1. The average molecular weight is 274 g/mol. The Morgan fingerprint density at radius 3 is 3.11 bits per heavy atom. The Kier molecular flexibility index (Phi) is 3.74. The van der Waals surface area contributed by atoms with Gasteiger partial charge in [0.05, 0.1) is 15.2 Å². The van der Waals surface area contributed by atoms with Crippen LogP contribution in [0.2, 0.25) is 0 Å². The molecule has 1 heterocycles. The molecule has 3 rings (SSSR count). The first kappa shape index (κ1) is 12.9. The lowest BCUT2D eigenvalue weighted by molar-refractivity contribution is 0.327. The van der Waals surface area contributed by atoms with Crippen LogP contribution < -0.4 is 5.32 Å². The van der Waals surface area contributed by atoms with Crippen LogP contribution >= 0.6 is 11.3 Å². The number of hydrogen-bond acceptors (Lipinski definition) is 3. The fourth-order valence-corrected chi connectivity index (χ4v) is 4.02. The minimum Gasteiger partial charge on any atom is -0.382 e. The second-order valence-corrected chi connectivity index (χ2v) is 6.93. The molecule has 1 saturated carbocycles. The maximum atomic E-state index is 4.52. The number of rotatable bonds is 3. The molecule has 0 radical (unpaired) electrons. The zero-order chi connectivity index (χ0) is 13.2. The van der Waals surface area contributed by atoms with Gasteiger partial charge in [-0.05, 0) is 43.9 Å². The maximum absolute atomic E-state index is 4.52. The molecule has 1 fully saturated rings. The van der Waals surface area contributed by atoms with Crippen molar-refractivity contribution in [2.75, 3.05) is 5.32 Å². The van der Waals surface area contributed by atoms with Crippen LogP contribution in [-0.4, -0.2) is 11.0 Å². The number of aryl methyl sites for hydroxylation is 1. The van der Waals surface area contributed by atoms with E-state index >= 15 is 0 Å². The van der Waals surface area contributed by atoms with Gasteiger partial charge in [0.2, 0.25) is 0 Å². The monoisotopic (exact) mass is 274 g/mol. The largest absolute Gasteiger partial charge is 0.382 e. The molecule has 3 heteroatoms. The van der Waals surface area contributed by atoms with Gasteiger partial charge in [-0.2, -0.15) is 0 Å². The van der Waals surface area contributed by atoms with Crippen LogP contribution in [0.3, 0.4) is 0 Å². The predicted molar refractivity (Wildman–Crippen MR) is 84.0 cm³/mol. The number of fused-ring (bicyclic) bond motifs is 1. The lowest BCUT2D eigenvalue weighted by Crippen LogP contribution is -2.26. The van der Waals surface area contributed by atoms with E-state index < -0.39 is 0 Å². The minimum atomic E-state index is 0.658. The summed E-state index contributed by atoms with van der Waals surface area (Å²) in [6, 6.07) is 7.23. The summed E-state index contributed by atoms with van der Waals surface area (Å²) in [4.78, 5) is 4.52. The third-order valence-corrected chi connectivity index (χ3v) is 5.16. The van der Waals surface area contributed by atoms with E-state index in [9.17, 15) is 0 Å². The summed E-state index contributed by atoms with van der Waals surface area (Å²) in [5.41, 5.74) is 2.39. The number of hydrogen-bond donors (Lipinski definition) is 1. The third-order valence-electron chi connectivity index (χ3n) is 4.23. The highest BCUT2D eigenvalue weighted by Gasteiger charge is 2.20. The Bertz CT molecular complexity index is 561. The van der Waals surface area contributed by atoms with Crippen molar-refractivity contribution in [1.29, 1.82) is 0 Å². The molecule has 102 valence electrons. The van der Waals surface area contributed by atoms with Crippen LogP contribution in [0.25, 0.3) is 10.2 Å². The molecule has 2 aromatic rings. The van der Waals surface area contributed by atoms with E-state index in [1.165, 1.54) is 42.5 Å². The normalized spacial score (nSPS) is 23.7. The quantitative estimate of drug-likeness (QED) is 0.853.